The monoisotopic (exact) mass is 440 g/mol. The van der Waals surface area contributed by atoms with Gasteiger partial charge in [-0.2, -0.15) is 0 Å². The van der Waals surface area contributed by atoms with E-state index in [-0.39, 0.29) is 18.4 Å². The topological polar surface area (TPSA) is 66.9 Å². The van der Waals surface area contributed by atoms with Crippen LogP contribution < -0.4 is 9.80 Å². The average Bonchev–Trinajstić information content (AvgIpc) is 3.20. The number of carbonyl (C=O) groups is 3. The van der Waals surface area contributed by atoms with Crippen molar-refractivity contribution in [2.75, 3.05) is 23.0 Å². The Labute approximate surface area is 192 Å². The predicted molar refractivity (Wildman–Crippen MR) is 126 cm³/mol. The number of esters is 1. The Balaban J connectivity index is 1.36. The van der Waals surface area contributed by atoms with Crippen molar-refractivity contribution in [3.63, 3.8) is 0 Å². The summed E-state index contributed by atoms with van der Waals surface area (Å²) in [7, 11) is 0. The van der Waals surface area contributed by atoms with E-state index in [1.54, 1.807) is 34.1 Å². The number of rotatable bonds is 4. The smallest absolute Gasteiger partial charge is 0.338 e. The molecule has 0 radical (unpaired) electrons. The van der Waals surface area contributed by atoms with Gasteiger partial charge >= 0.3 is 5.97 Å². The van der Waals surface area contributed by atoms with Gasteiger partial charge in [-0.1, -0.05) is 42.5 Å². The molecule has 166 valence electrons. The van der Waals surface area contributed by atoms with Gasteiger partial charge in [0, 0.05) is 18.7 Å². The maximum Gasteiger partial charge on any atom is 0.338 e. The number of nitrogens with zero attached hydrogens (tertiary/aromatic N) is 2. The first kappa shape index (κ1) is 20.9. The first-order valence-electron chi connectivity index (χ1n) is 11.2. The van der Waals surface area contributed by atoms with Crippen LogP contribution in [0, 0.1) is 0 Å². The van der Waals surface area contributed by atoms with Gasteiger partial charge in [0.15, 0.2) is 6.61 Å². The fourth-order valence-corrected chi connectivity index (χ4v) is 4.55. The molecule has 1 saturated heterocycles. The molecule has 0 N–H and O–H groups in total. The van der Waals surface area contributed by atoms with Crippen molar-refractivity contribution in [2.45, 2.75) is 25.7 Å². The van der Waals surface area contributed by atoms with Crippen molar-refractivity contribution in [2.24, 2.45) is 0 Å². The van der Waals surface area contributed by atoms with Gasteiger partial charge in [0.1, 0.15) is 0 Å². The zero-order valence-electron chi connectivity index (χ0n) is 18.2. The summed E-state index contributed by atoms with van der Waals surface area (Å²) in [6, 6.07) is 22.5. The highest BCUT2D eigenvalue weighted by molar-refractivity contribution is 6.04. The lowest BCUT2D eigenvalue weighted by Crippen LogP contribution is -2.31. The van der Waals surface area contributed by atoms with Crippen LogP contribution in [0.4, 0.5) is 17.1 Å². The van der Waals surface area contributed by atoms with Crippen LogP contribution in [0.15, 0.2) is 72.8 Å². The minimum atomic E-state index is -0.590. The Bertz CT molecular complexity index is 1190. The van der Waals surface area contributed by atoms with E-state index in [1.807, 2.05) is 48.5 Å². The zero-order valence-corrected chi connectivity index (χ0v) is 18.2. The molecule has 0 unspecified atom stereocenters. The second-order valence-corrected chi connectivity index (χ2v) is 8.26. The third-order valence-corrected chi connectivity index (χ3v) is 6.17. The molecule has 5 rings (SSSR count). The summed E-state index contributed by atoms with van der Waals surface area (Å²) in [5.74, 6) is -0.849. The summed E-state index contributed by atoms with van der Waals surface area (Å²) >= 11 is 0. The Kier molecular flexibility index (Phi) is 5.65. The van der Waals surface area contributed by atoms with Crippen molar-refractivity contribution in [3.05, 3.63) is 89.5 Å². The van der Waals surface area contributed by atoms with Crippen molar-refractivity contribution in [3.8, 4) is 0 Å². The van der Waals surface area contributed by atoms with E-state index in [1.165, 1.54) is 0 Å². The highest BCUT2D eigenvalue weighted by atomic mass is 16.5. The molecule has 33 heavy (non-hydrogen) atoms. The first-order chi connectivity index (χ1) is 16.1. The summed E-state index contributed by atoms with van der Waals surface area (Å²) in [5.41, 5.74) is 4.79. The molecule has 0 bridgehead atoms. The third kappa shape index (κ3) is 4.12. The summed E-state index contributed by atoms with van der Waals surface area (Å²) < 4.78 is 5.42. The second-order valence-electron chi connectivity index (χ2n) is 8.26. The van der Waals surface area contributed by atoms with Crippen LogP contribution in [0.1, 0.15) is 34.3 Å². The Morgan fingerprint density at radius 2 is 1.48 bits per heavy atom. The van der Waals surface area contributed by atoms with E-state index in [2.05, 4.69) is 0 Å². The molecule has 0 saturated carbocycles. The Morgan fingerprint density at radius 3 is 2.12 bits per heavy atom. The van der Waals surface area contributed by atoms with Gasteiger partial charge in [-0.3, -0.25) is 14.5 Å². The van der Waals surface area contributed by atoms with E-state index < -0.39 is 5.97 Å². The lowest BCUT2D eigenvalue weighted by molar-refractivity contribution is -0.121. The lowest BCUT2D eigenvalue weighted by atomic mass is 10.0. The predicted octanol–water partition coefficient (Wildman–Crippen LogP) is 4.43. The number of fused-ring (bicyclic) bond motifs is 2. The van der Waals surface area contributed by atoms with E-state index in [0.717, 1.165) is 41.8 Å². The number of carbonyl (C=O) groups excluding carboxylic acids is 3. The first-order valence-corrected chi connectivity index (χ1v) is 11.2. The van der Waals surface area contributed by atoms with Crippen LogP contribution in [0.5, 0.6) is 0 Å². The number of hydrogen-bond acceptors (Lipinski definition) is 4. The summed E-state index contributed by atoms with van der Waals surface area (Å²) in [4.78, 5) is 41.4. The maximum absolute atomic E-state index is 13.3. The van der Waals surface area contributed by atoms with Crippen LogP contribution in [-0.4, -0.2) is 30.9 Å². The number of benzene rings is 3. The molecular formula is C27H24N2O4. The summed E-state index contributed by atoms with van der Waals surface area (Å²) in [6.45, 7) is 0.262. The van der Waals surface area contributed by atoms with Gasteiger partial charge in [0.05, 0.1) is 16.9 Å². The molecule has 2 aliphatic heterocycles. The van der Waals surface area contributed by atoms with Gasteiger partial charge in [-0.05, 0) is 60.7 Å². The molecule has 1 fully saturated rings. The quantitative estimate of drug-likeness (QED) is 0.563. The number of hydrogen-bond donors (Lipinski definition) is 0. The van der Waals surface area contributed by atoms with Crippen LogP contribution >= 0.6 is 0 Å². The van der Waals surface area contributed by atoms with Crippen LogP contribution in [0.25, 0.3) is 0 Å². The van der Waals surface area contributed by atoms with Gasteiger partial charge in [-0.25, -0.2) is 4.79 Å². The Hall–Kier alpha value is -3.93. The molecule has 3 aromatic rings. The van der Waals surface area contributed by atoms with Crippen molar-refractivity contribution >= 4 is 34.8 Å². The number of amides is 2. The van der Waals surface area contributed by atoms with Crippen molar-refractivity contribution < 1.29 is 19.1 Å². The molecular weight excluding hydrogens is 416 g/mol. The Morgan fingerprint density at radius 1 is 0.818 bits per heavy atom. The van der Waals surface area contributed by atoms with E-state index in [4.69, 9.17) is 4.74 Å². The minimum absolute atomic E-state index is 0.0502. The molecule has 2 aliphatic rings. The maximum atomic E-state index is 13.3. The van der Waals surface area contributed by atoms with Crippen molar-refractivity contribution in [1.82, 2.24) is 0 Å². The zero-order chi connectivity index (χ0) is 22.8. The molecule has 6 heteroatoms. The SMILES string of the molecule is O=C(OCC(=O)N1c2ccccc2CCc2ccccc21)c1cccc(N2CCCC2=O)c1. The van der Waals surface area contributed by atoms with Crippen LogP contribution in [0.3, 0.4) is 0 Å². The van der Waals surface area contributed by atoms with Gasteiger partial charge in [-0.15, -0.1) is 0 Å². The molecule has 2 heterocycles. The van der Waals surface area contributed by atoms with Crippen molar-refractivity contribution in [1.29, 1.82) is 0 Å². The fourth-order valence-electron chi connectivity index (χ4n) is 4.55. The normalized spacial score (nSPS) is 15.0. The van der Waals surface area contributed by atoms with Gasteiger partial charge in [0.2, 0.25) is 5.91 Å². The highest BCUT2D eigenvalue weighted by Crippen LogP contribution is 2.36. The number of aryl methyl sites for hydroxylation is 2. The summed E-state index contributed by atoms with van der Waals surface area (Å²) in [6.07, 6.45) is 2.99. The third-order valence-electron chi connectivity index (χ3n) is 6.17. The molecule has 3 aromatic carbocycles. The number of anilines is 3. The average molecular weight is 440 g/mol. The molecule has 6 nitrogen and oxygen atoms in total. The molecule has 2 amide bonds. The van der Waals surface area contributed by atoms with Crippen LogP contribution in [0.2, 0.25) is 0 Å². The molecule has 0 spiro atoms. The fraction of sp³-hybridized carbons (Fsp3) is 0.222. The lowest BCUT2D eigenvalue weighted by Gasteiger charge is -2.24. The number of ether oxygens (including phenoxy) is 1. The second kappa shape index (κ2) is 8.90. The largest absolute Gasteiger partial charge is 0.452 e. The minimum Gasteiger partial charge on any atom is -0.452 e. The van der Waals surface area contributed by atoms with Crippen LogP contribution in [-0.2, 0) is 27.2 Å². The van der Waals surface area contributed by atoms with E-state index >= 15 is 0 Å². The van der Waals surface area contributed by atoms with Gasteiger partial charge < -0.3 is 9.64 Å². The molecule has 0 aromatic heterocycles. The van der Waals surface area contributed by atoms with E-state index in [9.17, 15) is 14.4 Å². The molecule has 0 atom stereocenters. The summed E-state index contributed by atoms with van der Waals surface area (Å²) in [5, 5.41) is 0. The van der Waals surface area contributed by atoms with E-state index in [0.29, 0.717) is 24.2 Å². The van der Waals surface area contributed by atoms with Gasteiger partial charge in [0.25, 0.3) is 5.91 Å². The number of para-hydroxylation sites is 2. The molecule has 0 aliphatic carbocycles. The highest BCUT2D eigenvalue weighted by Gasteiger charge is 2.27. The standard InChI is InChI=1S/C27H24N2O4/c30-25-13-6-16-28(25)22-10-5-9-21(17-22)27(32)33-18-26(31)29-23-11-3-1-7-19(23)14-15-20-8-2-4-12-24(20)29/h1-5,7-12,17H,6,13-16,18H2.